The van der Waals surface area contributed by atoms with E-state index >= 15 is 0 Å². The third-order valence-electron chi connectivity index (χ3n) is 7.23. The molecule has 3 atom stereocenters. The summed E-state index contributed by atoms with van der Waals surface area (Å²) in [6, 6.07) is 19.2. The van der Waals surface area contributed by atoms with E-state index in [2.05, 4.69) is 7.05 Å². The van der Waals surface area contributed by atoms with Crippen LogP contribution in [0.5, 0.6) is 5.75 Å². The van der Waals surface area contributed by atoms with Crippen LogP contribution < -0.4 is 4.74 Å². The molecule has 172 valence electrons. The van der Waals surface area contributed by atoms with Gasteiger partial charge in [-0.1, -0.05) is 61.4 Å². The Bertz CT molecular complexity index is 868. The first-order valence-corrected chi connectivity index (χ1v) is 12.0. The highest BCUT2D eigenvalue weighted by molar-refractivity contribution is 5.81. The lowest BCUT2D eigenvalue weighted by atomic mass is 9.80. The first-order valence-electron chi connectivity index (χ1n) is 12.0. The fraction of sp³-hybridized carbons (Fsp3) is 0.519. The van der Waals surface area contributed by atoms with Gasteiger partial charge in [-0.25, -0.2) is 4.79 Å². The molecule has 0 aromatic heterocycles. The summed E-state index contributed by atoms with van der Waals surface area (Å²) >= 11 is 0. The summed E-state index contributed by atoms with van der Waals surface area (Å²) in [7, 11) is 2.22. The number of carbonyl (C=O) groups is 1. The number of aliphatic hydroxyl groups is 1. The number of esters is 1. The molecule has 1 aliphatic carbocycles. The Balaban J connectivity index is 1.32. The van der Waals surface area contributed by atoms with Crippen molar-refractivity contribution in [3.63, 3.8) is 0 Å². The molecule has 1 saturated heterocycles. The van der Waals surface area contributed by atoms with Crippen molar-refractivity contribution in [2.45, 2.75) is 50.2 Å². The van der Waals surface area contributed by atoms with Crippen molar-refractivity contribution in [1.82, 2.24) is 0 Å². The molecule has 1 N–H and O–H groups in total. The van der Waals surface area contributed by atoms with Crippen molar-refractivity contribution < 1.29 is 23.9 Å². The second-order valence-electron chi connectivity index (χ2n) is 9.69. The molecule has 32 heavy (non-hydrogen) atoms. The monoisotopic (exact) mass is 438 g/mol. The average Bonchev–Trinajstić information content (AvgIpc) is 3.48. The van der Waals surface area contributed by atoms with Gasteiger partial charge in [0.2, 0.25) is 0 Å². The molecule has 0 spiro atoms. The van der Waals surface area contributed by atoms with Crippen LogP contribution in [0.15, 0.2) is 60.7 Å². The van der Waals surface area contributed by atoms with Crippen LogP contribution in [0.3, 0.4) is 0 Å². The average molecular weight is 439 g/mol. The lowest BCUT2D eigenvalue weighted by Gasteiger charge is -2.33. The summed E-state index contributed by atoms with van der Waals surface area (Å²) in [5.41, 5.74) is -0.891. The van der Waals surface area contributed by atoms with E-state index in [9.17, 15) is 9.90 Å². The van der Waals surface area contributed by atoms with E-state index in [0.717, 1.165) is 68.4 Å². The van der Waals surface area contributed by atoms with Crippen molar-refractivity contribution in [2.24, 2.45) is 5.92 Å². The number of nitrogens with zero attached hydrogens (tertiary/aromatic N) is 1. The zero-order valence-corrected chi connectivity index (χ0v) is 19.1. The Morgan fingerprint density at radius 1 is 1.03 bits per heavy atom. The van der Waals surface area contributed by atoms with E-state index in [0.29, 0.717) is 12.2 Å². The van der Waals surface area contributed by atoms with Gasteiger partial charge in [-0.3, -0.25) is 0 Å². The third kappa shape index (κ3) is 5.16. The molecule has 4 rings (SSSR count). The largest absolute Gasteiger partial charge is 0.493 e. The van der Waals surface area contributed by atoms with Crippen LogP contribution in [0, 0.1) is 5.92 Å². The maximum atomic E-state index is 13.3. The Morgan fingerprint density at radius 3 is 2.38 bits per heavy atom. The lowest BCUT2D eigenvalue weighted by molar-refractivity contribution is -0.899. The number of rotatable bonds is 9. The number of para-hydroxylation sites is 1. The van der Waals surface area contributed by atoms with E-state index < -0.39 is 11.6 Å². The Hall–Kier alpha value is -2.37. The van der Waals surface area contributed by atoms with E-state index in [4.69, 9.17) is 9.47 Å². The van der Waals surface area contributed by atoms with Gasteiger partial charge in [0, 0.05) is 18.8 Å². The number of hydrogen-bond acceptors (Lipinski definition) is 4. The summed E-state index contributed by atoms with van der Waals surface area (Å²) in [5, 5.41) is 11.6. The smallest absolute Gasteiger partial charge is 0.343 e. The van der Waals surface area contributed by atoms with Crippen LogP contribution in [0.4, 0.5) is 0 Å². The highest BCUT2D eigenvalue weighted by atomic mass is 16.6. The van der Waals surface area contributed by atoms with Crippen LogP contribution in [0.2, 0.25) is 0 Å². The fourth-order valence-corrected chi connectivity index (χ4v) is 5.38. The molecule has 0 amide bonds. The van der Waals surface area contributed by atoms with Gasteiger partial charge in [0.15, 0.2) is 11.7 Å². The summed E-state index contributed by atoms with van der Waals surface area (Å²) in [4.78, 5) is 13.3. The molecule has 0 bridgehead atoms. The second-order valence-corrected chi connectivity index (χ2v) is 9.69. The summed E-state index contributed by atoms with van der Waals surface area (Å²) in [5.74, 6) is 0.353. The quantitative estimate of drug-likeness (QED) is 0.360. The summed E-state index contributed by atoms with van der Waals surface area (Å²) < 4.78 is 12.7. The lowest BCUT2D eigenvalue weighted by Crippen LogP contribution is -2.47. The SMILES string of the molecule is C[N+]1(CCCOc2ccccc2)CC[C@@H](OC(=O)[C@@](O)(c2ccccc2)C2CCCC2)C1. The van der Waals surface area contributed by atoms with Crippen molar-refractivity contribution in [1.29, 1.82) is 0 Å². The second kappa shape index (κ2) is 10.1. The van der Waals surface area contributed by atoms with Gasteiger partial charge in [0.25, 0.3) is 0 Å². The predicted molar refractivity (Wildman–Crippen MR) is 124 cm³/mol. The molecule has 0 radical (unpaired) electrons. The van der Waals surface area contributed by atoms with Gasteiger partial charge in [-0.05, 0) is 30.5 Å². The Morgan fingerprint density at radius 2 is 1.69 bits per heavy atom. The first-order chi connectivity index (χ1) is 15.5. The minimum absolute atomic E-state index is 0.0742. The molecule has 2 aromatic carbocycles. The van der Waals surface area contributed by atoms with Gasteiger partial charge in [0.05, 0.1) is 26.7 Å². The molecule has 2 aliphatic rings. The number of hydrogen-bond donors (Lipinski definition) is 1. The van der Waals surface area contributed by atoms with Gasteiger partial charge in [-0.15, -0.1) is 0 Å². The van der Waals surface area contributed by atoms with Crippen LogP contribution in [-0.4, -0.2) is 55.0 Å². The Kier molecular flexibility index (Phi) is 7.17. The Labute approximate surface area is 191 Å². The number of ether oxygens (including phenoxy) is 2. The van der Waals surface area contributed by atoms with Crippen molar-refractivity contribution in [3.8, 4) is 5.75 Å². The molecule has 1 aliphatic heterocycles. The molecule has 5 heteroatoms. The standard InChI is InChI=1S/C27H36NO4/c1-28(18-10-20-31-24-15-6-3-7-16-24)19-17-25(21-28)32-26(29)27(30,23-13-8-9-14-23)22-11-4-2-5-12-22/h2-7,11-12,15-16,23,25,30H,8-10,13-14,17-21H2,1H3/q+1/t25-,27-,28?/m1/s1. The summed E-state index contributed by atoms with van der Waals surface area (Å²) in [6.45, 7) is 3.41. The summed E-state index contributed by atoms with van der Waals surface area (Å²) in [6.07, 6.45) is 5.45. The number of likely N-dealkylation sites (N-methyl/N-ethyl adjacent to an activating group) is 1. The maximum absolute atomic E-state index is 13.3. The zero-order valence-electron chi connectivity index (χ0n) is 19.1. The van der Waals surface area contributed by atoms with E-state index in [1.807, 2.05) is 60.7 Å². The maximum Gasteiger partial charge on any atom is 0.343 e. The topological polar surface area (TPSA) is 55.8 Å². The van der Waals surface area contributed by atoms with Crippen LogP contribution >= 0.6 is 0 Å². The molecular formula is C27H36NO4+. The highest BCUT2D eigenvalue weighted by Gasteiger charge is 2.49. The highest BCUT2D eigenvalue weighted by Crippen LogP contribution is 2.42. The molecule has 1 heterocycles. The third-order valence-corrected chi connectivity index (χ3v) is 7.23. The minimum atomic E-state index is -1.55. The minimum Gasteiger partial charge on any atom is -0.493 e. The van der Waals surface area contributed by atoms with Crippen molar-refractivity contribution >= 4 is 5.97 Å². The predicted octanol–water partition coefficient (Wildman–Crippen LogP) is 4.30. The number of benzene rings is 2. The van der Waals surface area contributed by atoms with Gasteiger partial charge < -0.3 is 19.1 Å². The van der Waals surface area contributed by atoms with Crippen molar-refractivity contribution in [3.05, 3.63) is 66.2 Å². The molecule has 2 aromatic rings. The zero-order chi connectivity index (χ0) is 22.4. The van der Waals surface area contributed by atoms with Crippen LogP contribution in [-0.2, 0) is 15.1 Å². The fourth-order valence-electron chi connectivity index (χ4n) is 5.38. The first kappa shape index (κ1) is 22.8. The molecular weight excluding hydrogens is 402 g/mol. The van der Waals surface area contributed by atoms with Crippen molar-refractivity contribution in [2.75, 3.05) is 33.3 Å². The van der Waals surface area contributed by atoms with Crippen LogP contribution in [0.1, 0.15) is 44.1 Å². The van der Waals surface area contributed by atoms with E-state index in [-0.39, 0.29) is 12.0 Å². The van der Waals surface area contributed by atoms with E-state index in [1.165, 1.54) is 0 Å². The van der Waals surface area contributed by atoms with Gasteiger partial charge in [-0.2, -0.15) is 0 Å². The molecule has 2 fully saturated rings. The van der Waals surface area contributed by atoms with Gasteiger partial charge in [0.1, 0.15) is 12.3 Å². The van der Waals surface area contributed by atoms with Crippen LogP contribution in [0.25, 0.3) is 0 Å². The van der Waals surface area contributed by atoms with E-state index in [1.54, 1.807) is 0 Å². The number of quaternary nitrogens is 1. The normalized spacial score (nSPS) is 25.4. The molecule has 1 unspecified atom stereocenters. The van der Waals surface area contributed by atoms with Gasteiger partial charge >= 0.3 is 5.97 Å². The number of likely N-dealkylation sites (tertiary alicyclic amines) is 1. The molecule has 5 nitrogen and oxygen atoms in total. The number of carbonyl (C=O) groups excluding carboxylic acids is 1. The molecule has 1 saturated carbocycles.